The van der Waals surface area contributed by atoms with Gasteiger partial charge in [-0.2, -0.15) is 0 Å². The topological polar surface area (TPSA) is 53.2 Å². The maximum atomic E-state index is 5.97. The van der Waals surface area contributed by atoms with E-state index in [2.05, 4.69) is 32.2 Å². The van der Waals surface area contributed by atoms with Crippen LogP contribution in [0.1, 0.15) is 43.2 Å². The van der Waals surface area contributed by atoms with E-state index in [0.29, 0.717) is 5.41 Å². The number of furan rings is 1. The lowest BCUT2D eigenvalue weighted by Gasteiger charge is -2.29. The molecule has 0 saturated carbocycles. The van der Waals surface area contributed by atoms with Crippen molar-refractivity contribution in [3.63, 3.8) is 0 Å². The van der Waals surface area contributed by atoms with Crippen molar-refractivity contribution >= 4 is 29.9 Å². The number of rotatable bonds is 4. The number of halogens is 1. The molecule has 2 atom stereocenters. The highest BCUT2D eigenvalue weighted by Crippen LogP contribution is 2.38. The van der Waals surface area contributed by atoms with E-state index in [1.54, 1.807) is 0 Å². The molecule has 0 aromatic carbocycles. The van der Waals surface area contributed by atoms with Crippen molar-refractivity contribution in [1.82, 2.24) is 15.1 Å². The van der Waals surface area contributed by atoms with Gasteiger partial charge in [0.1, 0.15) is 11.5 Å². The molecule has 3 aliphatic heterocycles. The highest BCUT2D eigenvalue weighted by atomic mass is 127. The minimum atomic E-state index is 0. The Morgan fingerprint density at radius 2 is 2.07 bits per heavy atom. The first-order chi connectivity index (χ1) is 12.7. The van der Waals surface area contributed by atoms with Crippen LogP contribution in [0, 0.1) is 12.3 Å². The Balaban J connectivity index is 0.00000210. The molecule has 7 heteroatoms. The quantitative estimate of drug-likeness (QED) is 0.401. The molecule has 3 aliphatic rings. The van der Waals surface area contributed by atoms with Crippen LogP contribution in [0.5, 0.6) is 0 Å². The average Bonchev–Trinajstić information content (AvgIpc) is 3.42. The molecular formula is C20H33IN4O2. The second kappa shape index (κ2) is 9.13. The van der Waals surface area contributed by atoms with E-state index in [-0.39, 0.29) is 30.0 Å². The first-order valence-electron chi connectivity index (χ1n) is 10.0. The van der Waals surface area contributed by atoms with Crippen molar-refractivity contribution in [2.45, 2.75) is 38.6 Å². The lowest BCUT2D eigenvalue weighted by molar-refractivity contribution is 0.156. The number of ether oxygens (including phenoxy) is 1. The van der Waals surface area contributed by atoms with E-state index >= 15 is 0 Å². The summed E-state index contributed by atoms with van der Waals surface area (Å²) < 4.78 is 11.6. The molecule has 4 rings (SSSR count). The lowest BCUT2D eigenvalue weighted by atomic mass is 9.87. The zero-order chi connectivity index (χ0) is 18.0. The van der Waals surface area contributed by atoms with E-state index < -0.39 is 0 Å². The van der Waals surface area contributed by atoms with E-state index in [1.807, 2.05) is 14.0 Å². The highest BCUT2D eigenvalue weighted by molar-refractivity contribution is 14.0. The second-order valence-corrected chi connectivity index (χ2v) is 8.11. The molecule has 1 aromatic rings. The van der Waals surface area contributed by atoms with Crippen LogP contribution in [0.4, 0.5) is 0 Å². The minimum Gasteiger partial charge on any atom is -0.465 e. The van der Waals surface area contributed by atoms with Gasteiger partial charge in [-0.1, -0.05) is 0 Å². The van der Waals surface area contributed by atoms with E-state index in [9.17, 15) is 0 Å². The summed E-state index contributed by atoms with van der Waals surface area (Å²) in [7, 11) is 1.89. The Morgan fingerprint density at radius 1 is 1.26 bits per heavy atom. The molecule has 3 saturated heterocycles. The van der Waals surface area contributed by atoms with Gasteiger partial charge in [0.15, 0.2) is 5.96 Å². The smallest absolute Gasteiger partial charge is 0.193 e. The molecule has 0 aliphatic carbocycles. The Kier molecular flexibility index (Phi) is 7.08. The fourth-order valence-electron chi connectivity index (χ4n) is 4.70. The summed E-state index contributed by atoms with van der Waals surface area (Å²) in [6.07, 6.45) is 4.95. The number of aryl methyl sites for hydroxylation is 1. The summed E-state index contributed by atoms with van der Waals surface area (Å²) in [4.78, 5) is 9.51. The zero-order valence-corrected chi connectivity index (χ0v) is 18.9. The highest BCUT2D eigenvalue weighted by Gasteiger charge is 2.42. The number of nitrogens with zero attached hydrogens (tertiary/aromatic N) is 3. The molecule has 3 fully saturated rings. The normalized spacial score (nSPS) is 27.3. The van der Waals surface area contributed by atoms with Crippen LogP contribution >= 0.6 is 24.0 Å². The third-order valence-electron chi connectivity index (χ3n) is 6.26. The van der Waals surface area contributed by atoms with Crippen molar-refractivity contribution in [2.75, 3.05) is 53.0 Å². The Hall–Kier alpha value is -0.800. The van der Waals surface area contributed by atoms with Gasteiger partial charge in [-0.3, -0.25) is 9.89 Å². The SMILES string of the molecule is CN=C(NCC(c1ccc(C)o1)N1CCCC1)N1CCC2(CCOC2)C1.I. The first-order valence-corrected chi connectivity index (χ1v) is 10.0. The number of aliphatic imine (C=N–C) groups is 1. The van der Waals surface area contributed by atoms with Crippen molar-refractivity contribution in [2.24, 2.45) is 10.4 Å². The first kappa shape index (κ1) is 20.9. The standard InChI is InChI=1S/C20H32N4O2.HI/c1-16-5-6-18(26-16)17(23-9-3-4-10-23)13-22-19(21-2)24-11-7-20(14-24)8-12-25-15-20;/h5-6,17H,3-4,7-15H2,1-2H3,(H,21,22);1H. The summed E-state index contributed by atoms with van der Waals surface area (Å²) in [5.41, 5.74) is 0.351. The third-order valence-corrected chi connectivity index (χ3v) is 6.26. The molecule has 6 nitrogen and oxygen atoms in total. The zero-order valence-electron chi connectivity index (χ0n) is 16.6. The van der Waals surface area contributed by atoms with Crippen LogP contribution in [0.25, 0.3) is 0 Å². The van der Waals surface area contributed by atoms with Crippen molar-refractivity contribution < 1.29 is 9.15 Å². The summed E-state index contributed by atoms with van der Waals surface area (Å²) in [6.45, 7) is 9.09. The van der Waals surface area contributed by atoms with Crippen LogP contribution in [0.3, 0.4) is 0 Å². The molecule has 0 amide bonds. The van der Waals surface area contributed by atoms with Crippen LogP contribution in [-0.2, 0) is 4.74 Å². The number of likely N-dealkylation sites (tertiary alicyclic amines) is 2. The summed E-state index contributed by atoms with van der Waals surface area (Å²) in [5, 5.41) is 3.64. The van der Waals surface area contributed by atoms with Crippen molar-refractivity contribution in [3.05, 3.63) is 23.7 Å². The monoisotopic (exact) mass is 488 g/mol. The third kappa shape index (κ3) is 4.62. The van der Waals surface area contributed by atoms with Gasteiger partial charge in [0.2, 0.25) is 0 Å². The van der Waals surface area contributed by atoms with Gasteiger partial charge in [0.25, 0.3) is 0 Å². The van der Waals surface area contributed by atoms with E-state index in [0.717, 1.165) is 63.4 Å². The van der Waals surface area contributed by atoms with Gasteiger partial charge in [0, 0.05) is 38.7 Å². The van der Waals surface area contributed by atoms with Gasteiger partial charge in [-0.15, -0.1) is 24.0 Å². The van der Waals surface area contributed by atoms with Gasteiger partial charge in [-0.25, -0.2) is 0 Å². The summed E-state index contributed by atoms with van der Waals surface area (Å²) in [5.74, 6) is 3.06. The fourth-order valence-corrected chi connectivity index (χ4v) is 4.70. The molecule has 1 N–H and O–H groups in total. The van der Waals surface area contributed by atoms with Crippen molar-refractivity contribution in [1.29, 1.82) is 0 Å². The van der Waals surface area contributed by atoms with Gasteiger partial charge in [-0.05, 0) is 57.8 Å². The van der Waals surface area contributed by atoms with E-state index in [1.165, 1.54) is 25.7 Å². The maximum absolute atomic E-state index is 5.97. The van der Waals surface area contributed by atoms with Crippen molar-refractivity contribution in [3.8, 4) is 0 Å². The fraction of sp³-hybridized carbons (Fsp3) is 0.750. The van der Waals surface area contributed by atoms with Gasteiger partial charge < -0.3 is 19.4 Å². The maximum Gasteiger partial charge on any atom is 0.193 e. The molecule has 0 bridgehead atoms. The van der Waals surface area contributed by atoms with Crippen LogP contribution in [-0.4, -0.2) is 68.7 Å². The molecule has 0 radical (unpaired) electrons. The summed E-state index contributed by atoms with van der Waals surface area (Å²) in [6, 6.07) is 4.47. The predicted octanol–water partition coefficient (Wildman–Crippen LogP) is 3.03. The van der Waals surface area contributed by atoms with Gasteiger partial charge >= 0.3 is 0 Å². The number of hydrogen-bond donors (Lipinski definition) is 1. The second-order valence-electron chi connectivity index (χ2n) is 8.11. The molecule has 2 unspecified atom stereocenters. The van der Waals surface area contributed by atoms with Gasteiger partial charge in [0.05, 0.1) is 12.6 Å². The lowest BCUT2D eigenvalue weighted by Crippen LogP contribution is -2.45. The number of nitrogens with one attached hydrogen (secondary N) is 1. The molecule has 152 valence electrons. The number of hydrogen-bond acceptors (Lipinski definition) is 4. The Labute approximate surface area is 179 Å². The Morgan fingerprint density at radius 3 is 2.70 bits per heavy atom. The Bertz CT molecular complexity index is 636. The molecule has 4 heterocycles. The molecule has 1 aromatic heterocycles. The predicted molar refractivity (Wildman–Crippen MR) is 118 cm³/mol. The average molecular weight is 488 g/mol. The molecule has 27 heavy (non-hydrogen) atoms. The summed E-state index contributed by atoms with van der Waals surface area (Å²) >= 11 is 0. The molecule has 1 spiro atoms. The van der Waals surface area contributed by atoms with Crippen LogP contribution in [0.15, 0.2) is 21.5 Å². The van der Waals surface area contributed by atoms with E-state index in [4.69, 9.17) is 9.15 Å². The largest absolute Gasteiger partial charge is 0.465 e. The minimum absolute atomic E-state index is 0. The van der Waals surface area contributed by atoms with Crippen LogP contribution < -0.4 is 5.32 Å². The molecular weight excluding hydrogens is 455 g/mol. The number of guanidine groups is 1. The van der Waals surface area contributed by atoms with Crippen LogP contribution in [0.2, 0.25) is 0 Å².